The lowest BCUT2D eigenvalue weighted by atomic mass is 10.1. The van der Waals surface area contributed by atoms with Gasteiger partial charge in [0.05, 0.1) is 22.8 Å². The number of hydrogen-bond acceptors (Lipinski definition) is 3. The van der Waals surface area contributed by atoms with Gasteiger partial charge in [0.1, 0.15) is 5.78 Å². The molecule has 0 aliphatic carbocycles. The predicted octanol–water partition coefficient (Wildman–Crippen LogP) is 2.61. The Hall–Kier alpha value is -1.68. The standard InChI is InChI=1S/C14H16ClN3O/c1-3-18-13(14(15)10(2)17-18)8-12(19)7-11-5-4-6-16-9-11/h4-6,9H,3,7-8H2,1-2H3. The van der Waals surface area contributed by atoms with Crippen LogP contribution in [-0.2, 0) is 24.2 Å². The number of aromatic nitrogens is 3. The highest BCUT2D eigenvalue weighted by Gasteiger charge is 2.16. The highest BCUT2D eigenvalue weighted by atomic mass is 35.5. The van der Waals surface area contributed by atoms with Gasteiger partial charge in [-0.15, -0.1) is 0 Å². The van der Waals surface area contributed by atoms with Gasteiger partial charge < -0.3 is 0 Å². The second kappa shape index (κ2) is 5.97. The van der Waals surface area contributed by atoms with Gasteiger partial charge in [-0.2, -0.15) is 5.10 Å². The summed E-state index contributed by atoms with van der Waals surface area (Å²) in [6.45, 7) is 4.55. The van der Waals surface area contributed by atoms with Gasteiger partial charge >= 0.3 is 0 Å². The van der Waals surface area contributed by atoms with E-state index in [4.69, 9.17) is 11.6 Å². The molecule has 0 N–H and O–H groups in total. The molecule has 0 atom stereocenters. The molecule has 0 saturated heterocycles. The summed E-state index contributed by atoms with van der Waals surface area (Å²) in [6.07, 6.45) is 4.09. The van der Waals surface area contributed by atoms with E-state index in [-0.39, 0.29) is 5.78 Å². The molecule has 0 aliphatic rings. The van der Waals surface area contributed by atoms with Crippen LogP contribution in [0.25, 0.3) is 0 Å². The molecule has 2 aromatic rings. The van der Waals surface area contributed by atoms with Crippen molar-refractivity contribution in [3.63, 3.8) is 0 Å². The van der Waals surface area contributed by atoms with E-state index in [2.05, 4.69) is 10.1 Å². The molecule has 0 bridgehead atoms. The fourth-order valence-corrected chi connectivity index (χ4v) is 2.22. The molecular weight excluding hydrogens is 262 g/mol. The molecule has 19 heavy (non-hydrogen) atoms. The number of pyridine rings is 1. The van der Waals surface area contributed by atoms with Crippen molar-refractivity contribution in [2.45, 2.75) is 33.2 Å². The van der Waals surface area contributed by atoms with Crippen LogP contribution >= 0.6 is 11.6 Å². The molecule has 0 unspecified atom stereocenters. The average Bonchev–Trinajstić information content (AvgIpc) is 2.67. The fourth-order valence-electron chi connectivity index (χ4n) is 2.02. The summed E-state index contributed by atoms with van der Waals surface area (Å²) >= 11 is 6.19. The van der Waals surface area contributed by atoms with Gasteiger partial charge in [-0.1, -0.05) is 17.7 Å². The van der Waals surface area contributed by atoms with Crippen molar-refractivity contribution in [1.29, 1.82) is 0 Å². The van der Waals surface area contributed by atoms with Crippen LogP contribution in [0.15, 0.2) is 24.5 Å². The smallest absolute Gasteiger partial charge is 0.143 e. The molecule has 5 heteroatoms. The van der Waals surface area contributed by atoms with E-state index in [9.17, 15) is 4.79 Å². The number of carbonyl (C=O) groups excluding carboxylic acids is 1. The van der Waals surface area contributed by atoms with Crippen molar-refractivity contribution in [2.24, 2.45) is 0 Å². The van der Waals surface area contributed by atoms with Crippen LogP contribution in [-0.4, -0.2) is 20.5 Å². The number of rotatable bonds is 5. The Kier molecular flexibility index (Phi) is 4.32. The minimum atomic E-state index is 0.115. The summed E-state index contributed by atoms with van der Waals surface area (Å²) in [5, 5.41) is 4.91. The van der Waals surface area contributed by atoms with Gasteiger partial charge in [0.2, 0.25) is 0 Å². The lowest BCUT2D eigenvalue weighted by molar-refractivity contribution is -0.117. The second-order valence-electron chi connectivity index (χ2n) is 4.42. The number of nitrogens with zero attached hydrogens (tertiary/aromatic N) is 3. The molecule has 0 radical (unpaired) electrons. The number of carbonyl (C=O) groups is 1. The van der Waals surface area contributed by atoms with Crippen molar-refractivity contribution >= 4 is 17.4 Å². The summed E-state index contributed by atoms with van der Waals surface area (Å²) in [6, 6.07) is 3.73. The summed E-state index contributed by atoms with van der Waals surface area (Å²) in [5.74, 6) is 0.115. The molecule has 0 aliphatic heterocycles. The van der Waals surface area contributed by atoms with Crippen LogP contribution in [0.1, 0.15) is 23.9 Å². The summed E-state index contributed by atoms with van der Waals surface area (Å²) in [7, 11) is 0. The van der Waals surface area contributed by atoms with E-state index in [1.807, 2.05) is 26.0 Å². The van der Waals surface area contributed by atoms with Crippen molar-refractivity contribution in [1.82, 2.24) is 14.8 Å². The first-order valence-corrected chi connectivity index (χ1v) is 6.62. The average molecular weight is 278 g/mol. The van der Waals surface area contributed by atoms with Crippen LogP contribution in [0.2, 0.25) is 5.02 Å². The monoisotopic (exact) mass is 277 g/mol. The normalized spacial score (nSPS) is 10.7. The van der Waals surface area contributed by atoms with E-state index in [1.54, 1.807) is 17.1 Å². The maximum absolute atomic E-state index is 12.1. The molecule has 2 heterocycles. The highest BCUT2D eigenvalue weighted by Crippen LogP contribution is 2.21. The molecular formula is C14H16ClN3O. The Morgan fingerprint density at radius 3 is 2.84 bits per heavy atom. The number of aryl methyl sites for hydroxylation is 2. The molecule has 2 rings (SSSR count). The zero-order valence-electron chi connectivity index (χ0n) is 11.1. The summed E-state index contributed by atoms with van der Waals surface area (Å²) in [5.41, 5.74) is 2.49. The Balaban J connectivity index is 2.11. The third-order valence-electron chi connectivity index (χ3n) is 2.94. The zero-order chi connectivity index (χ0) is 13.8. The summed E-state index contributed by atoms with van der Waals surface area (Å²) in [4.78, 5) is 16.1. The lowest BCUT2D eigenvalue weighted by Crippen LogP contribution is -2.12. The van der Waals surface area contributed by atoms with Gasteiger partial charge in [0.25, 0.3) is 0 Å². The van der Waals surface area contributed by atoms with Crippen LogP contribution in [0.5, 0.6) is 0 Å². The third kappa shape index (κ3) is 3.20. The molecule has 4 nitrogen and oxygen atoms in total. The van der Waals surface area contributed by atoms with E-state index < -0.39 is 0 Å². The highest BCUT2D eigenvalue weighted by molar-refractivity contribution is 6.32. The molecule has 0 aromatic carbocycles. The van der Waals surface area contributed by atoms with Crippen molar-refractivity contribution in [3.8, 4) is 0 Å². The molecule has 100 valence electrons. The van der Waals surface area contributed by atoms with Gasteiger partial charge in [-0.3, -0.25) is 14.5 Å². The van der Waals surface area contributed by atoms with E-state index >= 15 is 0 Å². The minimum absolute atomic E-state index is 0.115. The van der Waals surface area contributed by atoms with Gasteiger partial charge in [-0.05, 0) is 25.5 Å². The van der Waals surface area contributed by atoms with Crippen LogP contribution in [0, 0.1) is 6.92 Å². The molecule has 0 saturated carbocycles. The van der Waals surface area contributed by atoms with Gasteiger partial charge in [-0.25, -0.2) is 0 Å². The minimum Gasteiger partial charge on any atom is -0.299 e. The molecule has 0 spiro atoms. The SMILES string of the molecule is CCn1nc(C)c(Cl)c1CC(=O)Cc1cccnc1. The molecule has 0 amide bonds. The predicted molar refractivity (Wildman–Crippen MR) is 74.3 cm³/mol. The quantitative estimate of drug-likeness (QED) is 0.844. The van der Waals surface area contributed by atoms with E-state index in [1.165, 1.54) is 0 Å². The number of ketones is 1. The molecule has 0 fully saturated rings. The van der Waals surface area contributed by atoms with Crippen LogP contribution in [0.3, 0.4) is 0 Å². The third-order valence-corrected chi connectivity index (χ3v) is 3.43. The Morgan fingerprint density at radius 1 is 1.42 bits per heavy atom. The van der Waals surface area contributed by atoms with Gasteiger partial charge in [0, 0.05) is 25.4 Å². The van der Waals surface area contributed by atoms with Crippen LogP contribution in [0.4, 0.5) is 0 Å². The zero-order valence-corrected chi connectivity index (χ0v) is 11.8. The van der Waals surface area contributed by atoms with Crippen LogP contribution < -0.4 is 0 Å². The van der Waals surface area contributed by atoms with Crippen molar-refractivity contribution < 1.29 is 4.79 Å². The maximum Gasteiger partial charge on any atom is 0.143 e. The first kappa shape index (κ1) is 13.7. The van der Waals surface area contributed by atoms with Crippen molar-refractivity contribution in [2.75, 3.05) is 0 Å². The number of hydrogen-bond donors (Lipinski definition) is 0. The Morgan fingerprint density at radius 2 is 2.21 bits per heavy atom. The Labute approximate surface area is 117 Å². The van der Waals surface area contributed by atoms with E-state index in [0.29, 0.717) is 24.4 Å². The van der Waals surface area contributed by atoms with E-state index in [0.717, 1.165) is 17.0 Å². The summed E-state index contributed by atoms with van der Waals surface area (Å²) < 4.78 is 1.79. The number of Topliss-reactive ketones (excluding diaryl/α,β-unsaturated/α-hetero) is 1. The lowest BCUT2D eigenvalue weighted by Gasteiger charge is -2.05. The fraction of sp³-hybridized carbons (Fsp3) is 0.357. The largest absolute Gasteiger partial charge is 0.299 e. The Bertz CT molecular complexity index is 578. The van der Waals surface area contributed by atoms with Crippen molar-refractivity contribution in [3.05, 3.63) is 46.5 Å². The van der Waals surface area contributed by atoms with Gasteiger partial charge in [0.15, 0.2) is 0 Å². The topological polar surface area (TPSA) is 47.8 Å². The first-order chi connectivity index (χ1) is 9.11. The number of halogens is 1. The maximum atomic E-state index is 12.1. The molecule has 2 aromatic heterocycles. The second-order valence-corrected chi connectivity index (χ2v) is 4.79. The first-order valence-electron chi connectivity index (χ1n) is 6.24.